The van der Waals surface area contributed by atoms with E-state index < -0.39 is 14.6 Å². The van der Waals surface area contributed by atoms with Crippen molar-refractivity contribution >= 4 is 15.8 Å². The summed E-state index contributed by atoms with van der Waals surface area (Å²) in [7, 11) is -3.06. The van der Waals surface area contributed by atoms with Gasteiger partial charge in [0.1, 0.15) is 12.4 Å². The third kappa shape index (κ3) is 4.74. The van der Waals surface area contributed by atoms with Crippen molar-refractivity contribution in [3.05, 3.63) is 18.2 Å². The highest BCUT2D eigenvalue weighted by Gasteiger charge is 2.40. The molecule has 1 saturated heterocycles. The standard InChI is InChI=1S/C17H31N5O2S/c1-6-18-16(22-9-10-25(23,24)17(4,5)13-22)20-11-15-19-7-8-21(15)12-14(2)3/h7-8,14H,6,9-13H2,1-5H3,(H,18,20). The minimum absolute atomic E-state index is 0.159. The van der Waals surface area contributed by atoms with Crippen LogP contribution in [0.15, 0.2) is 17.4 Å². The van der Waals surface area contributed by atoms with E-state index in [1.807, 2.05) is 18.0 Å². The Morgan fingerprint density at radius 3 is 2.76 bits per heavy atom. The predicted octanol–water partition coefficient (Wildman–Crippen LogP) is 1.51. The Kier molecular flexibility index (Phi) is 6.13. The SMILES string of the molecule is CCNC(=NCc1nccn1CC(C)C)N1CCS(=O)(=O)C(C)(C)C1. The molecule has 0 amide bonds. The molecule has 0 aromatic carbocycles. The third-order valence-corrected chi connectivity index (χ3v) is 6.94. The summed E-state index contributed by atoms with van der Waals surface area (Å²) < 4.78 is 25.8. The first-order chi connectivity index (χ1) is 11.7. The van der Waals surface area contributed by atoms with E-state index in [9.17, 15) is 8.42 Å². The van der Waals surface area contributed by atoms with Gasteiger partial charge in [0.25, 0.3) is 0 Å². The van der Waals surface area contributed by atoms with Crippen LogP contribution in [0.4, 0.5) is 0 Å². The van der Waals surface area contributed by atoms with E-state index in [2.05, 4.69) is 28.7 Å². The molecule has 1 aromatic rings. The lowest BCUT2D eigenvalue weighted by atomic mass is 10.2. The molecule has 0 radical (unpaired) electrons. The molecule has 142 valence electrons. The molecule has 0 spiro atoms. The smallest absolute Gasteiger partial charge is 0.194 e. The first-order valence-corrected chi connectivity index (χ1v) is 10.6. The molecule has 1 aliphatic rings. The number of hydrogen-bond acceptors (Lipinski definition) is 4. The molecule has 2 heterocycles. The zero-order valence-electron chi connectivity index (χ0n) is 16.0. The highest BCUT2D eigenvalue weighted by Crippen LogP contribution is 2.23. The van der Waals surface area contributed by atoms with Crippen LogP contribution < -0.4 is 5.32 Å². The van der Waals surface area contributed by atoms with Gasteiger partial charge in [0.15, 0.2) is 15.8 Å². The van der Waals surface area contributed by atoms with Gasteiger partial charge in [-0.05, 0) is 26.7 Å². The highest BCUT2D eigenvalue weighted by atomic mass is 32.2. The summed E-state index contributed by atoms with van der Waals surface area (Å²) in [5.41, 5.74) is 0. The van der Waals surface area contributed by atoms with Gasteiger partial charge in [0.05, 0.1) is 10.5 Å². The van der Waals surface area contributed by atoms with E-state index in [1.165, 1.54) is 0 Å². The molecular formula is C17H31N5O2S. The van der Waals surface area contributed by atoms with Crippen LogP contribution in [0.5, 0.6) is 0 Å². The van der Waals surface area contributed by atoms with Gasteiger partial charge in [-0.3, -0.25) is 0 Å². The number of aromatic nitrogens is 2. The second kappa shape index (κ2) is 7.76. The van der Waals surface area contributed by atoms with Crippen molar-refractivity contribution in [3.8, 4) is 0 Å². The molecule has 1 aromatic heterocycles. The average Bonchev–Trinajstić information content (AvgIpc) is 2.93. The number of nitrogens with zero attached hydrogens (tertiary/aromatic N) is 4. The molecule has 1 N–H and O–H groups in total. The number of hydrogen-bond donors (Lipinski definition) is 1. The molecule has 7 nitrogen and oxygen atoms in total. The van der Waals surface area contributed by atoms with Gasteiger partial charge in [0, 0.05) is 38.6 Å². The van der Waals surface area contributed by atoms with Crippen LogP contribution in [0.3, 0.4) is 0 Å². The van der Waals surface area contributed by atoms with Crippen molar-refractivity contribution in [1.82, 2.24) is 19.8 Å². The van der Waals surface area contributed by atoms with Crippen molar-refractivity contribution in [3.63, 3.8) is 0 Å². The molecule has 8 heteroatoms. The Balaban J connectivity index is 2.16. The van der Waals surface area contributed by atoms with Crippen LogP contribution in [0.25, 0.3) is 0 Å². The zero-order valence-corrected chi connectivity index (χ0v) is 16.8. The molecule has 25 heavy (non-hydrogen) atoms. The second-order valence-electron chi connectivity index (χ2n) is 7.56. The van der Waals surface area contributed by atoms with E-state index in [4.69, 9.17) is 4.99 Å². The molecular weight excluding hydrogens is 338 g/mol. The maximum Gasteiger partial charge on any atom is 0.194 e. The second-order valence-corrected chi connectivity index (χ2v) is 10.3. The van der Waals surface area contributed by atoms with Crippen LogP contribution >= 0.6 is 0 Å². The number of aliphatic imine (C=N–C) groups is 1. The fourth-order valence-corrected chi connectivity index (χ4v) is 4.31. The third-order valence-electron chi connectivity index (χ3n) is 4.41. The number of nitrogens with one attached hydrogen (secondary N) is 1. The molecule has 0 atom stereocenters. The van der Waals surface area contributed by atoms with E-state index in [1.54, 1.807) is 20.0 Å². The van der Waals surface area contributed by atoms with Crippen molar-refractivity contribution in [1.29, 1.82) is 0 Å². The number of rotatable bonds is 5. The molecule has 1 fully saturated rings. The van der Waals surface area contributed by atoms with E-state index in [0.717, 1.165) is 24.9 Å². The lowest BCUT2D eigenvalue weighted by molar-refractivity contribution is 0.353. The first-order valence-electron chi connectivity index (χ1n) is 8.92. The summed E-state index contributed by atoms with van der Waals surface area (Å²) in [5, 5.41) is 3.28. The summed E-state index contributed by atoms with van der Waals surface area (Å²) in [6.07, 6.45) is 3.78. The fourth-order valence-electron chi connectivity index (χ4n) is 2.95. The maximum absolute atomic E-state index is 12.2. The average molecular weight is 370 g/mol. The number of imidazole rings is 1. The number of guanidine groups is 1. The Morgan fingerprint density at radius 1 is 1.44 bits per heavy atom. The molecule has 0 aliphatic carbocycles. The van der Waals surface area contributed by atoms with Crippen molar-refractivity contribution in [2.45, 2.75) is 52.5 Å². The minimum atomic E-state index is -3.06. The molecule has 2 rings (SSSR count). The van der Waals surface area contributed by atoms with Gasteiger partial charge in [-0.15, -0.1) is 0 Å². The highest BCUT2D eigenvalue weighted by molar-refractivity contribution is 7.92. The summed E-state index contributed by atoms with van der Waals surface area (Å²) in [6, 6.07) is 0. The van der Waals surface area contributed by atoms with Crippen molar-refractivity contribution in [2.75, 3.05) is 25.4 Å². The molecule has 1 aliphatic heterocycles. The van der Waals surface area contributed by atoms with Crippen LogP contribution in [0.1, 0.15) is 40.4 Å². The monoisotopic (exact) mass is 369 g/mol. The number of sulfone groups is 1. The Hall–Kier alpha value is -1.57. The summed E-state index contributed by atoms with van der Waals surface area (Å²) in [6.45, 7) is 13.0. The van der Waals surface area contributed by atoms with Gasteiger partial charge in [0.2, 0.25) is 0 Å². The van der Waals surface area contributed by atoms with Crippen LogP contribution in [-0.2, 0) is 22.9 Å². The van der Waals surface area contributed by atoms with Gasteiger partial charge in [-0.1, -0.05) is 13.8 Å². The van der Waals surface area contributed by atoms with Crippen LogP contribution in [0.2, 0.25) is 0 Å². The van der Waals surface area contributed by atoms with Crippen LogP contribution in [-0.4, -0.2) is 59.0 Å². The van der Waals surface area contributed by atoms with Crippen molar-refractivity contribution in [2.24, 2.45) is 10.9 Å². The lowest BCUT2D eigenvalue weighted by Gasteiger charge is -2.39. The fraction of sp³-hybridized carbons (Fsp3) is 0.765. The first kappa shape index (κ1) is 19.8. The van der Waals surface area contributed by atoms with Gasteiger partial charge >= 0.3 is 0 Å². The quantitative estimate of drug-likeness (QED) is 0.629. The van der Waals surface area contributed by atoms with Gasteiger partial charge < -0.3 is 14.8 Å². The molecule has 0 bridgehead atoms. The van der Waals surface area contributed by atoms with Crippen LogP contribution in [0, 0.1) is 5.92 Å². The maximum atomic E-state index is 12.2. The van der Waals surface area contributed by atoms with E-state index >= 15 is 0 Å². The van der Waals surface area contributed by atoms with Gasteiger partial charge in [-0.25, -0.2) is 18.4 Å². The Morgan fingerprint density at radius 2 is 2.16 bits per heavy atom. The summed E-state index contributed by atoms with van der Waals surface area (Å²) in [4.78, 5) is 11.2. The zero-order chi connectivity index (χ0) is 18.7. The molecule has 0 unspecified atom stereocenters. The Labute approximate surface area is 151 Å². The topological polar surface area (TPSA) is 79.6 Å². The minimum Gasteiger partial charge on any atom is -0.357 e. The van der Waals surface area contributed by atoms with E-state index in [-0.39, 0.29) is 5.75 Å². The lowest BCUT2D eigenvalue weighted by Crippen LogP contribution is -2.57. The summed E-state index contributed by atoms with van der Waals surface area (Å²) >= 11 is 0. The van der Waals surface area contributed by atoms with Crippen molar-refractivity contribution < 1.29 is 8.42 Å². The Bertz CT molecular complexity index is 706. The summed E-state index contributed by atoms with van der Waals surface area (Å²) in [5.74, 6) is 2.38. The van der Waals surface area contributed by atoms with E-state index in [0.29, 0.717) is 25.6 Å². The normalized spacial score (nSPS) is 20.1. The van der Waals surface area contributed by atoms with Gasteiger partial charge in [-0.2, -0.15) is 0 Å². The predicted molar refractivity (Wildman–Crippen MR) is 101 cm³/mol. The largest absolute Gasteiger partial charge is 0.357 e. The molecule has 0 saturated carbocycles.